The van der Waals surface area contributed by atoms with E-state index in [0.717, 1.165) is 48.1 Å². The second-order valence-corrected chi connectivity index (χ2v) is 8.46. The predicted molar refractivity (Wildman–Crippen MR) is 129 cm³/mol. The number of rotatable bonds is 10. The van der Waals surface area contributed by atoms with Gasteiger partial charge >= 0.3 is 5.69 Å². The Morgan fingerprint density at radius 2 is 1.91 bits per heavy atom. The normalized spacial score (nSPS) is 12.2. The van der Waals surface area contributed by atoms with Gasteiger partial charge in [-0.25, -0.2) is 9.89 Å². The van der Waals surface area contributed by atoms with Crippen LogP contribution in [0.5, 0.6) is 0 Å². The van der Waals surface area contributed by atoms with Gasteiger partial charge in [-0.1, -0.05) is 57.0 Å². The Kier molecular flexibility index (Phi) is 7.12. The van der Waals surface area contributed by atoms with Crippen LogP contribution in [-0.4, -0.2) is 34.7 Å². The molecule has 1 N–H and O–H groups in total. The van der Waals surface area contributed by atoms with E-state index in [4.69, 9.17) is 0 Å². The third kappa shape index (κ3) is 4.94. The van der Waals surface area contributed by atoms with Gasteiger partial charge in [0.25, 0.3) is 0 Å². The quantitative estimate of drug-likeness (QED) is 0.359. The molecule has 0 aliphatic carbocycles. The molecule has 3 aromatic heterocycles. The molecule has 1 aromatic carbocycles. The molecule has 0 bridgehead atoms. The van der Waals surface area contributed by atoms with Gasteiger partial charge in [-0.05, 0) is 53.8 Å². The maximum atomic E-state index is 13.2. The summed E-state index contributed by atoms with van der Waals surface area (Å²) < 4.78 is 3.83. The lowest BCUT2D eigenvalue weighted by atomic mass is 10.0. The maximum Gasteiger partial charge on any atom is 0.328 e. The topological polar surface area (TPSA) is 94.3 Å². The molecule has 0 aliphatic heterocycles. The van der Waals surface area contributed by atoms with Gasteiger partial charge in [0.2, 0.25) is 0 Å². The number of H-pyrrole nitrogens is 1. The van der Waals surface area contributed by atoms with Gasteiger partial charge in [0.05, 0.1) is 6.54 Å². The van der Waals surface area contributed by atoms with Gasteiger partial charge in [-0.15, -0.1) is 5.10 Å². The fourth-order valence-electron chi connectivity index (χ4n) is 4.04. The Bertz CT molecular complexity index is 1220. The van der Waals surface area contributed by atoms with Gasteiger partial charge in [0.1, 0.15) is 5.69 Å². The van der Waals surface area contributed by atoms with Crippen LogP contribution in [0.4, 0.5) is 0 Å². The van der Waals surface area contributed by atoms with Crippen molar-refractivity contribution in [2.75, 3.05) is 0 Å². The van der Waals surface area contributed by atoms with E-state index in [2.05, 4.69) is 76.8 Å². The summed E-state index contributed by atoms with van der Waals surface area (Å²) in [5.41, 5.74) is 4.95. The molecule has 172 valence electrons. The van der Waals surface area contributed by atoms with E-state index in [1.54, 1.807) is 6.20 Å². The lowest BCUT2D eigenvalue weighted by Crippen LogP contribution is -2.27. The van der Waals surface area contributed by atoms with Crippen molar-refractivity contribution in [2.24, 2.45) is 0 Å². The average Bonchev–Trinajstić information content (AvgIpc) is 3.49. The highest BCUT2D eigenvalue weighted by atomic mass is 16.1. The molecular weight excluding hydrogens is 414 g/mol. The minimum Gasteiger partial charge on any atom is -0.296 e. The molecule has 3 heterocycles. The standard InChI is InChI=1S/C25H31N7O/c1-4-6-7-9-21-17-31(18(3)5-2)25(33)32(21)16-19-11-13-20(14-12-19)22-10-8-15-26-23(22)24-27-29-30-28-24/h8,10-15,17-18H,4-7,9,16H2,1-3H3,(H,27,28,29,30). The zero-order valence-corrected chi connectivity index (χ0v) is 19.5. The number of aromatic nitrogens is 7. The van der Waals surface area contributed by atoms with Gasteiger partial charge in [0, 0.05) is 29.7 Å². The first-order valence-electron chi connectivity index (χ1n) is 11.7. The molecule has 4 rings (SSSR count). The second-order valence-electron chi connectivity index (χ2n) is 8.46. The number of pyridine rings is 1. The Hall–Kier alpha value is -3.55. The summed E-state index contributed by atoms with van der Waals surface area (Å²) >= 11 is 0. The highest BCUT2D eigenvalue weighted by Gasteiger charge is 2.16. The van der Waals surface area contributed by atoms with Crippen LogP contribution in [0, 0.1) is 0 Å². The van der Waals surface area contributed by atoms with Crippen LogP contribution in [0.2, 0.25) is 0 Å². The maximum absolute atomic E-state index is 13.2. The van der Waals surface area contributed by atoms with Crippen LogP contribution in [0.15, 0.2) is 53.6 Å². The van der Waals surface area contributed by atoms with Crippen molar-refractivity contribution in [2.45, 2.75) is 65.5 Å². The number of hydrogen-bond acceptors (Lipinski definition) is 5. The predicted octanol–water partition coefficient (Wildman–Crippen LogP) is 4.64. The zero-order chi connectivity index (χ0) is 23.2. The first-order valence-corrected chi connectivity index (χ1v) is 11.7. The Balaban J connectivity index is 1.61. The van der Waals surface area contributed by atoms with Crippen LogP contribution < -0.4 is 5.69 Å². The molecule has 4 aromatic rings. The molecule has 0 saturated carbocycles. The van der Waals surface area contributed by atoms with E-state index in [0.29, 0.717) is 18.1 Å². The zero-order valence-electron chi connectivity index (χ0n) is 19.5. The SMILES string of the molecule is CCCCCc1cn(C(C)CC)c(=O)n1Cc1ccc(-c2cccnc2-c2nnn[nH]2)cc1. The van der Waals surface area contributed by atoms with Crippen molar-refractivity contribution < 1.29 is 0 Å². The fourth-order valence-corrected chi connectivity index (χ4v) is 4.04. The minimum atomic E-state index is 0.0762. The van der Waals surface area contributed by atoms with E-state index in [1.165, 1.54) is 6.42 Å². The van der Waals surface area contributed by atoms with Crippen LogP contribution in [0.3, 0.4) is 0 Å². The van der Waals surface area contributed by atoms with E-state index in [-0.39, 0.29) is 11.7 Å². The molecular formula is C25H31N7O. The monoisotopic (exact) mass is 445 g/mol. The molecule has 0 radical (unpaired) electrons. The highest BCUT2D eigenvalue weighted by Crippen LogP contribution is 2.28. The molecule has 1 unspecified atom stereocenters. The van der Waals surface area contributed by atoms with Crippen molar-refractivity contribution in [1.82, 2.24) is 34.7 Å². The average molecular weight is 446 g/mol. The Morgan fingerprint density at radius 1 is 1.09 bits per heavy atom. The van der Waals surface area contributed by atoms with Crippen LogP contribution in [0.25, 0.3) is 22.6 Å². The van der Waals surface area contributed by atoms with Gasteiger partial charge in [-0.3, -0.25) is 14.1 Å². The van der Waals surface area contributed by atoms with Crippen LogP contribution in [0.1, 0.15) is 63.8 Å². The van der Waals surface area contributed by atoms with E-state index in [1.807, 2.05) is 21.3 Å². The summed E-state index contributed by atoms with van der Waals surface area (Å²) in [6.07, 6.45) is 9.08. The van der Waals surface area contributed by atoms with Gasteiger partial charge in [-0.2, -0.15) is 0 Å². The largest absolute Gasteiger partial charge is 0.328 e. The van der Waals surface area contributed by atoms with E-state index < -0.39 is 0 Å². The third-order valence-electron chi connectivity index (χ3n) is 6.17. The molecule has 0 amide bonds. The van der Waals surface area contributed by atoms with Crippen molar-refractivity contribution >= 4 is 0 Å². The lowest BCUT2D eigenvalue weighted by molar-refractivity contribution is 0.504. The Labute approximate surface area is 193 Å². The fraction of sp³-hybridized carbons (Fsp3) is 0.400. The number of imidazole rings is 1. The Morgan fingerprint density at radius 3 is 2.61 bits per heavy atom. The van der Waals surface area contributed by atoms with Crippen molar-refractivity contribution in [1.29, 1.82) is 0 Å². The summed E-state index contributed by atoms with van der Waals surface area (Å²) in [6.45, 7) is 6.98. The van der Waals surface area contributed by atoms with Crippen molar-refractivity contribution in [3.05, 3.63) is 70.5 Å². The number of tetrazole rings is 1. The molecule has 0 saturated heterocycles. The summed E-state index contributed by atoms with van der Waals surface area (Å²) in [4.78, 5) is 17.6. The first-order chi connectivity index (χ1) is 16.1. The molecule has 8 nitrogen and oxygen atoms in total. The number of nitrogens with zero attached hydrogens (tertiary/aromatic N) is 6. The highest BCUT2D eigenvalue weighted by molar-refractivity contribution is 5.77. The summed E-state index contributed by atoms with van der Waals surface area (Å²) in [6, 6.07) is 12.4. The summed E-state index contributed by atoms with van der Waals surface area (Å²) in [7, 11) is 0. The number of aromatic amines is 1. The number of benzene rings is 1. The van der Waals surface area contributed by atoms with Crippen LogP contribution >= 0.6 is 0 Å². The smallest absolute Gasteiger partial charge is 0.296 e. The van der Waals surface area contributed by atoms with Crippen molar-refractivity contribution in [3.8, 4) is 22.6 Å². The van der Waals surface area contributed by atoms with Gasteiger partial charge < -0.3 is 0 Å². The van der Waals surface area contributed by atoms with Gasteiger partial charge in [0.15, 0.2) is 5.82 Å². The molecule has 0 aliphatic rings. The number of aryl methyl sites for hydroxylation is 1. The minimum absolute atomic E-state index is 0.0762. The van der Waals surface area contributed by atoms with Crippen molar-refractivity contribution in [3.63, 3.8) is 0 Å². The number of hydrogen-bond donors (Lipinski definition) is 1. The second kappa shape index (κ2) is 10.4. The molecule has 0 fully saturated rings. The number of unbranched alkanes of at least 4 members (excludes halogenated alkanes) is 2. The number of nitrogens with one attached hydrogen (secondary N) is 1. The molecule has 1 atom stereocenters. The lowest BCUT2D eigenvalue weighted by Gasteiger charge is -2.10. The third-order valence-corrected chi connectivity index (χ3v) is 6.17. The molecule has 8 heteroatoms. The molecule has 0 spiro atoms. The van der Waals surface area contributed by atoms with Crippen LogP contribution in [-0.2, 0) is 13.0 Å². The van der Waals surface area contributed by atoms with E-state index >= 15 is 0 Å². The molecule has 33 heavy (non-hydrogen) atoms. The first kappa shape index (κ1) is 22.6. The summed E-state index contributed by atoms with van der Waals surface area (Å²) in [5.74, 6) is 0.532. The van der Waals surface area contributed by atoms with E-state index in [9.17, 15) is 4.79 Å². The summed E-state index contributed by atoms with van der Waals surface area (Å²) in [5, 5.41) is 14.1.